The standard InChI is InChI=1S/C24H26ClN3O5/c1-15-11-18(13-19(25)12-15)22-24(32)28(14-27-22)20(8-10-33-2)16-3-5-17(6-4-16)23(31)26-9-7-21(29)30/h3-6,11-13,20H,7-10,14H2,1-2H3,(H,26,31)(H,29,30). The van der Waals surface area contributed by atoms with Crippen molar-refractivity contribution in [3.63, 3.8) is 0 Å². The second-order valence-corrected chi connectivity index (χ2v) is 8.20. The van der Waals surface area contributed by atoms with Crippen molar-refractivity contribution < 1.29 is 24.2 Å². The van der Waals surface area contributed by atoms with Gasteiger partial charge in [-0.25, -0.2) is 0 Å². The number of carbonyl (C=O) groups is 3. The maximum Gasteiger partial charge on any atom is 0.305 e. The number of benzene rings is 2. The third kappa shape index (κ3) is 6.18. The fourth-order valence-electron chi connectivity index (χ4n) is 3.72. The summed E-state index contributed by atoms with van der Waals surface area (Å²) >= 11 is 6.17. The first kappa shape index (κ1) is 24.4. The van der Waals surface area contributed by atoms with Crippen LogP contribution in [0.4, 0.5) is 0 Å². The van der Waals surface area contributed by atoms with Gasteiger partial charge in [-0.15, -0.1) is 0 Å². The molecule has 9 heteroatoms. The average molecular weight is 472 g/mol. The van der Waals surface area contributed by atoms with Gasteiger partial charge in [0.05, 0.1) is 12.5 Å². The number of methoxy groups -OCH3 is 1. The largest absolute Gasteiger partial charge is 0.481 e. The Morgan fingerprint density at radius 1 is 1.24 bits per heavy atom. The number of rotatable bonds is 10. The number of nitrogens with one attached hydrogen (secondary N) is 1. The second-order valence-electron chi connectivity index (χ2n) is 7.76. The van der Waals surface area contributed by atoms with Gasteiger partial charge < -0.3 is 20.1 Å². The smallest absolute Gasteiger partial charge is 0.305 e. The van der Waals surface area contributed by atoms with E-state index in [-0.39, 0.29) is 37.5 Å². The van der Waals surface area contributed by atoms with Gasteiger partial charge in [-0.3, -0.25) is 19.4 Å². The van der Waals surface area contributed by atoms with Gasteiger partial charge in [-0.1, -0.05) is 23.7 Å². The number of aliphatic imine (C=N–C) groups is 1. The third-order valence-corrected chi connectivity index (χ3v) is 5.53. The number of hydrogen-bond donors (Lipinski definition) is 2. The van der Waals surface area contributed by atoms with Crippen molar-refractivity contribution in [3.8, 4) is 0 Å². The van der Waals surface area contributed by atoms with Crippen LogP contribution in [-0.4, -0.2) is 60.4 Å². The number of carbonyl (C=O) groups excluding carboxylic acids is 2. The fourth-order valence-corrected chi connectivity index (χ4v) is 4.01. The predicted octanol–water partition coefficient (Wildman–Crippen LogP) is 3.22. The number of aryl methyl sites for hydroxylation is 1. The minimum atomic E-state index is -0.976. The van der Waals surface area contributed by atoms with E-state index in [1.165, 1.54) is 0 Å². The van der Waals surface area contributed by atoms with Crippen LogP contribution in [-0.2, 0) is 14.3 Å². The number of amides is 2. The quantitative estimate of drug-likeness (QED) is 0.553. The molecule has 3 rings (SSSR count). The molecule has 2 amide bonds. The highest BCUT2D eigenvalue weighted by Gasteiger charge is 2.33. The van der Waals surface area contributed by atoms with Crippen molar-refractivity contribution >= 4 is 35.1 Å². The van der Waals surface area contributed by atoms with Crippen molar-refractivity contribution in [2.24, 2.45) is 4.99 Å². The lowest BCUT2D eigenvalue weighted by Gasteiger charge is -2.27. The van der Waals surface area contributed by atoms with Crippen LogP contribution in [0, 0.1) is 6.92 Å². The van der Waals surface area contributed by atoms with Gasteiger partial charge >= 0.3 is 5.97 Å². The normalized spacial score (nSPS) is 14.2. The Hall–Kier alpha value is -3.23. The lowest BCUT2D eigenvalue weighted by Crippen LogP contribution is -2.35. The van der Waals surface area contributed by atoms with E-state index in [1.807, 2.05) is 19.1 Å². The summed E-state index contributed by atoms with van der Waals surface area (Å²) in [5.74, 6) is -1.51. The summed E-state index contributed by atoms with van der Waals surface area (Å²) in [4.78, 5) is 42.3. The summed E-state index contributed by atoms with van der Waals surface area (Å²) in [7, 11) is 1.60. The molecule has 1 unspecified atom stereocenters. The molecule has 2 aromatic carbocycles. The molecule has 174 valence electrons. The highest BCUT2D eigenvalue weighted by Crippen LogP contribution is 2.29. The molecule has 1 atom stereocenters. The van der Waals surface area contributed by atoms with Crippen LogP contribution in [0.15, 0.2) is 47.5 Å². The van der Waals surface area contributed by atoms with Crippen LogP contribution >= 0.6 is 11.6 Å². The molecule has 33 heavy (non-hydrogen) atoms. The monoisotopic (exact) mass is 471 g/mol. The highest BCUT2D eigenvalue weighted by atomic mass is 35.5. The minimum absolute atomic E-state index is 0.0533. The summed E-state index contributed by atoms with van der Waals surface area (Å²) in [6, 6.07) is 12.1. The minimum Gasteiger partial charge on any atom is -0.481 e. The van der Waals surface area contributed by atoms with E-state index in [1.54, 1.807) is 42.3 Å². The molecule has 0 bridgehead atoms. The average Bonchev–Trinajstić information content (AvgIpc) is 3.14. The van der Waals surface area contributed by atoms with Crippen molar-refractivity contribution in [1.29, 1.82) is 0 Å². The lowest BCUT2D eigenvalue weighted by atomic mass is 9.99. The molecule has 0 spiro atoms. The number of halogens is 1. The van der Waals surface area contributed by atoms with E-state index < -0.39 is 5.97 Å². The fraction of sp³-hybridized carbons (Fsp3) is 0.333. The van der Waals surface area contributed by atoms with Gasteiger partial charge in [-0.05, 0) is 54.8 Å². The van der Waals surface area contributed by atoms with E-state index in [0.29, 0.717) is 34.9 Å². The molecule has 1 heterocycles. The van der Waals surface area contributed by atoms with Gasteiger partial charge in [0.25, 0.3) is 11.8 Å². The SMILES string of the molecule is COCCC(c1ccc(C(=O)NCCC(=O)O)cc1)N1CN=C(c2cc(C)cc(Cl)c2)C1=O. The maximum absolute atomic E-state index is 13.3. The lowest BCUT2D eigenvalue weighted by molar-refractivity contribution is -0.136. The first-order valence-corrected chi connectivity index (χ1v) is 10.9. The number of carboxylic acids is 1. The van der Waals surface area contributed by atoms with E-state index in [2.05, 4.69) is 10.3 Å². The zero-order chi connectivity index (χ0) is 24.0. The molecule has 8 nitrogen and oxygen atoms in total. The summed E-state index contributed by atoms with van der Waals surface area (Å²) < 4.78 is 5.25. The van der Waals surface area contributed by atoms with Gasteiger partial charge in [0.15, 0.2) is 0 Å². The van der Waals surface area contributed by atoms with Crippen molar-refractivity contribution in [3.05, 3.63) is 69.7 Å². The molecule has 0 aromatic heterocycles. The molecule has 1 aliphatic heterocycles. The van der Waals surface area contributed by atoms with Gasteiger partial charge in [-0.2, -0.15) is 0 Å². The Bertz CT molecular complexity index is 1050. The van der Waals surface area contributed by atoms with Gasteiger partial charge in [0.2, 0.25) is 0 Å². The highest BCUT2D eigenvalue weighted by molar-refractivity contribution is 6.46. The number of carboxylic acid groups (broad SMARTS) is 1. The predicted molar refractivity (Wildman–Crippen MR) is 125 cm³/mol. The Kier molecular flexibility index (Phi) is 8.19. The van der Waals surface area contributed by atoms with E-state index in [4.69, 9.17) is 21.4 Å². The molecule has 0 radical (unpaired) electrons. The molecule has 1 aliphatic rings. The molecule has 0 fully saturated rings. The van der Waals surface area contributed by atoms with E-state index >= 15 is 0 Å². The first-order valence-electron chi connectivity index (χ1n) is 10.5. The molecular formula is C24H26ClN3O5. The van der Waals surface area contributed by atoms with Crippen LogP contribution in [0.2, 0.25) is 5.02 Å². The Morgan fingerprint density at radius 3 is 2.61 bits per heavy atom. The molecule has 0 saturated carbocycles. The number of ether oxygens (including phenoxy) is 1. The van der Waals surface area contributed by atoms with Crippen LogP contribution in [0.3, 0.4) is 0 Å². The Balaban J connectivity index is 1.76. The summed E-state index contributed by atoms with van der Waals surface area (Å²) in [6.45, 7) is 2.62. The molecular weight excluding hydrogens is 446 g/mol. The van der Waals surface area contributed by atoms with Gasteiger partial charge in [0.1, 0.15) is 12.4 Å². The van der Waals surface area contributed by atoms with Crippen LogP contribution in [0.1, 0.15) is 45.9 Å². The number of hydrogen-bond acceptors (Lipinski definition) is 5. The molecule has 2 N–H and O–H groups in total. The van der Waals surface area contributed by atoms with Crippen molar-refractivity contribution in [2.45, 2.75) is 25.8 Å². The number of aliphatic carboxylic acids is 1. The molecule has 0 aliphatic carbocycles. The second kappa shape index (κ2) is 11.1. The molecule has 2 aromatic rings. The Labute approximate surface area is 197 Å². The summed E-state index contributed by atoms with van der Waals surface area (Å²) in [6.07, 6.45) is 0.415. The zero-order valence-electron chi connectivity index (χ0n) is 18.5. The first-order chi connectivity index (χ1) is 15.8. The maximum atomic E-state index is 13.3. The topological polar surface area (TPSA) is 108 Å². The van der Waals surface area contributed by atoms with Crippen LogP contribution < -0.4 is 5.32 Å². The Morgan fingerprint density at radius 2 is 1.97 bits per heavy atom. The van der Waals surface area contributed by atoms with Crippen molar-refractivity contribution in [2.75, 3.05) is 26.9 Å². The zero-order valence-corrected chi connectivity index (χ0v) is 19.3. The van der Waals surface area contributed by atoms with Crippen molar-refractivity contribution in [1.82, 2.24) is 10.2 Å². The van der Waals surface area contributed by atoms with E-state index in [9.17, 15) is 14.4 Å². The van der Waals surface area contributed by atoms with Crippen LogP contribution in [0.25, 0.3) is 0 Å². The van der Waals surface area contributed by atoms with E-state index in [0.717, 1.165) is 11.1 Å². The van der Waals surface area contributed by atoms with Gasteiger partial charge in [0, 0.05) is 36.4 Å². The number of nitrogens with zero attached hydrogens (tertiary/aromatic N) is 2. The summed E-state index contributed by atoms with van der Waals surface area (Å²) in [5.41, 5.74) is 3.26. The summed E-state index contributed by atoms with van der Waals surface area (Å²) in [5, 5.41) is 11.8. The molecule has 0 saturated heterocycles. The third-order valence-electron chi connectivity index (χ3n) is 5.31. The van der Waals surface area contributed by atoms with Crippen LogP contribution in [0.5, 0.6) is 0 Å².